The summed E-state index contributed by atoms with van der Waals surface area (Å²) < 4.78 is 8.29. The van der Waals surface area contributed by atoms with Gasteiger partial charge in [0.1, 0.15) is 5.75 Å². The first-order chi connectivity index (χ1) is 21.6. The molecule has 2 heterocycles. The number of aryl methyl sites for hydroxylation is 3. The molecule has 220 valence electrons. The van der Waals surface area contributed by atoms with Gasteiger partial charge in [-0.3, -0.25) is 0 Å². The lowest BCUT2D eigenvalue weighted by Crippen LogP contribution is -2.27. The van der Waals surface area contributed by atoms with Gasteiger partial charge in [0.15, 0.2) is 17.0 Å². The number of nitrogens with zero attached hydrogens (tertiary/aromatic N) is 4. The maximum Gasteiger partial charge on any atom is 0.326 e. The molecule has 0 fully saturated rings. The van der Waals surface area contributed by atoms with Crippen molar-refractivity contribution in [2.45, 2.75) is 45.2 Å². The second kappa shape index (κ2) is 12.3. The molecule has 1 aliphatic carbocycles. The third-order valence-electron chi connectivity index (χ3n) is 8.37. The first kappa shape index (κ1) is 27.8. The molecule has 2 N–H and O–H groups in total. The van der Waals surface area contributed by atoms with Gasteiger partial charge in [0.25, 0.3) is 0 Å². The van der Waals surface area contributed by atoms with Gasteiger partial charge >= 0.3 is 6.01 Å². The second-order valence-corrected chi connectivity index (χ2v) is 11.5. The molecule has 0 saturated carbocycles. The Labute approximate surface area is 257 Å². The summed E-state index contributed by atoms with van der Waals surface area (Å²) in [6.45, 7) is 2.66. The molecule has 1 aliphatic rings. The number of aliphatic hydroxyl groups is 1. The van der Waals surface area contributed by atoms with E-state index in [1.165, 1.54) is 34.2 Å². The Bertz CT molecular complexity index is 1900. The van der Waals surface area contributed by atoms with Crippen LogP contribution in [0.25, 0.3) is 22.3 Å². The number of imidazole rings is 1. The van der Waals surface area contributed by atoms with E-state index >= 15 is 0 Å². The predicted molar refractivity (Wildman–Crippen MR) is 174 cm³/mol. The normalized spacial score (nSPS) is 13.1. The molecule has 1 atom stereocenters. The number of hydrogen-bond donors (Lipinski definition) is 2. The summed E-state index contributed by atoms with van der Waals surface area (Å²) in [7, 11) is 0. The van der Waals surface area contributed by atoms with Crippen molar-refractivity contribution < 1.29 is 9.84 Å². The summed E-state index contributed by atoms with van der Waals surface area (Å²) in [5, 5.41) is 13.7. The molecule has 0 radical (unpaired) electrons. The number of aromatic nitrogens is 4. The number of nitrogens with one attached hydrogen (secondary N) is 1. The van der Waals surface area contributed by atoms with Crippen LogP contribution in [0.3, 0.4) is 0 Å². The lowest BCUT2D eigenvalue weighted by Gasteiger charge is -2.18. The molecule has 6 aromatic rings. The van der Waals surface area contributed by atoms with Crippen molar-refractivity contribution in [2.24, 2.45) is 0 Å². The first-order valence-electron chi connectivity index (χ1n) is 15.2. The Morgan fingerprint density at radius 2 is 1.66 bits per heavy atom. The minimum Gasteiger partial charge on any atom is -0.424 e. The Morgan fingerprint density at radius 3 is 2.48 bits per heavy atom. The first-order valence-corrected chi connectivity index (χ1v) is 15.2. The van der Waals surface area contributed by atoms with Crippen molar-refractivity contribution in [1.29, 1.82) is 0 Å². The molecule has 0 amide bonds. The van der Waals surface area contributed by atoms with Crippen LogP contribution in [0.1, 0.15) is 34.2 Å². The van der Waals surface area contributed by atoms with Crippen molar-refractivity contribution >= 4 is 17.0 Å². The lowest BCUT2D eigenvalue weighted by molar-refractivity contribution is 0.273. The van der Waals surface area contributed by atoms with Gasteiger partial charge in [0, 0.05) is 0 Å². The molecule has 0 unspecified atom stereocenters. The lowest BCUT2D eigenvalue weighted by atomic mass is 10.00. The van der Waals surface area contributed by atoms with E-state index in [-0.39, 0.29) is 18.7 Å². The fourth-order valence-electron chi connectivity index (χ4n) is 6.04. The minimum atomic E-state index is -0.262. The van der Waals surface area contributed by atoms with E-state index in [4.69, 9.17) is 19.7 Å². The minimum absolute atomic E-state index is 0.0602. The van der Waals surface area contributed by atoms with Crippen LogP contribution in [0, 0.1) is 6.92 Å². The van der Waals surface area contributed by atoms with Crippen LogP contribution in [-0.4, -0.2) is 37.3 Å². The topological polar surface area (TPSA) is 85.1 Å². The van der Waals surface area contributed by atoms with Crippen LogP contribution in [0.4, 0.5) is 5.82 Å². The monoisotopic (exact) mass is 581 g/mol. The van der Waals surface area contributed by atoms with Gasteiger partial charge < -0.3 is 19.7 Å². The van der Waals surface area contributed by atoms with Gasteiger partial charge in [0.2, 0.25) is 0 Å². The van der Waals surface area contributed by atoms with Crippen molar-refractivity contribution in [1.82, 2.24) is 19.5 Å². The van der Waals surface area contributed by atoms with Gasteiger partial charge in [-0.25, -0.2) is 4.98 Å². The van der Waals surface area contributed by atoms with Crippen LogP contribution in [0.5, 0.6) is 11.8 Å². The number of aliphatic hydroxyl groups excluding tert-OH is 1. The molecular weight excluding hydrogens is 546 g/mol. The van der Waals surface area contributed by atoms with Crippen molar-refractivity contribution in [2.75, 3.05) is 11.9 Å². The molecule has 0 spiro atoms. The fraction of sp³-hybridized carbons (Fsp3) is 0.216. The van der Waals surface area contributed by atoms with Crippen LogP contribution in [0.15, 0.2) is 103 Å². The standard InChI is InChI=1S/C37H35N5O2/c1-25-8-5-6-13-33(25)29-16-14-27(15-17-29)22-42-24-38-34-35(39-31(23-43)20-26-9-3-2-4-10-26)40-37(41-36(34)42)44-32-19-18-28-11-7-12-30(28)21-32/h2-6,8-10,13-19,21,24,31,43H,7,11-12,20,22-23H2,1H3,(H,39,40,41)/t31-/m0/s1. The molecular formula is C37H35N5O2. The average molecular weight is 582 g/mol. The Morgan fingerprint density at radius 1 is 0.864 bits per heavy atom. The molecule has 0 saturated heterocycles. The summed E-state index contributed by atoms with van der Waals surface area (Å²) in [4.78, 5) is 14.3. The van der Waals surface area contributed by atoms with Gasteiger partial charge in [0.05, 0.1) is 25.5 Å². The van der Waals surface area contributed by atoms with Gasteiger partial charge in [-0.2, -0.15) is 9.97 Å². The Hall–Kier alpha value is -5.01. The molecule has 4 aromatic carbocycles. The molecule has 7 rings (SSSR count). The highest BCUT2D eigenvalue weighted by atomic mass is 16.5. The molecule has 7 heteroatoms. The summed E-state index contributed by atoms with van der Waals surface area (Å²) in [6, 6.07) is 33.4. The van der Waals surface area contributed by atoms with Crippen LogP contribution in [0.2, 0.25) is 0 Å². The third kappa shape index (κ3) is 5.92. The number of benzene rings is 4. The number of anilines is 1. The number of fused-ring (bicyclic) bond motifs is 2. The number of rotatable bonds is 10. The summed E-state index contributed by atoms with van der Waals surface area (Å²) in [5.74, 6) is 1.26. The molecule has 2 aromatic heterocycles. The molecule has 44 heavy (non-hydrogen) atoms. The fourth-order valence-corrected chi connectivity index (χ4v) is 6.04. The number of hydrogen-bond acceptors (Lipinski definition) is 6. The van der Waals surface area contributed by atoms with Crippen LogP contribution in [-0.2, 0) is 25.8 Å². The van der Waals surface area contributed by atoms with E-state index in [2.05, 4.69) is 85.0 Å². The maximum absolute atomic E-state index is 10.3. The molecule has 0 aliphatic heterocycles. The van der Waals surface area contributed by atoms with E-state index in [0.29, 0.717) is 29.9 Å². The highest BCUT2D eigenvalue weighted by Crippen LogP contribution is 2.31. The van der Waals surface area contributed by atoms with Gasteiger partial charge in [-0.15, -0.1) is 0 Å². The second-order valence-electron chi connectivity index (χ2n) is 11.5. The molecule has 7 nitrogen and oxygen atoms in total. The van der Waals surface area contributed by atoms with Crippen molar-refractivity contribution in [3.05, 3.63) is 131 Å². The van der Waals surface area contributed by atoms with Gasteiger partial charge in [-0.1, -0.05) is 84.9 Å². The summed E-state index contributed by atoms with van der Waals surface area (Å²) in [5.41, 5.74) is 9.94. The zero-order chi connectivity index (χ0) is 29.9. The largest absolute Gasteiger partial charge is 0.424 e. The van der Waals surface area contributed by atoms with Crippen molar-refractivity contribution in [3.8, 4) is 22.9 Å². The Balaban J connectivity index is 1.21. The van der Waals surface area contributed by atoms with Crippen LogP contribution < -0.4 is 10.1 Å². The highest BCUT2D eigenvalue weighted by molar-refractivity contribution is 5.83. The smallest absolute Gasteiger partial charge is 0.326 e. The van der Waals surface area contributed by atoms with Crippen molar-refractivity contribution in [3.63, 3.8) is 0 Å². The van der Waals surface area contributed by atoms with E-state index in [1.807, 2.05) is 28.8 Å². The molecule has 0 bridgehead atoms. The van der Waals surface area contributed by atoms with Gasteiger partial charge in [-0.05, 0) is 83.7 Å². The zero-order valence-corrected chi connectivity index (χ0v) is 24.8. The summed E-state index contributed by atoms with van der Waals surface area (Å²) >= 11 is 0. The zero-order valence-electron chi connectivity index (χ0n) is 24.8. The summed E-state index contributed by atoms with van der Waals surface area (Å²) in [6.07, 6.45) is 5.78. The van der Waals surface area contributed by atoms with E-state index in [1.54, 1.807) is 6.33 Å². The van der Waals surface area contributed by atoms with E-state index in [9.17, 15) is 5.11 Å². The van der Waals surface area contributed by atoms with E-state index < -0.39 is 0 Å². The third-order valence-corrected chi connectivity index (χ3v) is 8.37. The predicted octanol–water partition coefficient (Wildman–Crippen LogP) is 7.15. The Kier molecular flexibility index (Phi) is 7.78. The number of ether oxygens (including phenoxy) is 1. The van der Waals surface area contributed by atoms with E-state index in [0.717, 1.165) is 29.7 Å². The average Bonchev–Trinajstić information content (AvgIpc) is 3.69. The SMILES string of the molecule is Cc1ccccc1-c1ccc(Cn2cnc3c(N[C@H](CO)Cc4ccccc4)nc(Oc4ccc5c(c4)CCC5)nc32)cc1. The quantitative estimate of drug-likeness (QED) is 0.179. The van der Waals surface area contributed by atoms with Crippen LogP contribution >= 0.6 is 0 Å². The maximum atomic E-state index is 10.3. The highest BCUT2D eigenvalue weighted by Gasteiger charge is 2.19.